The molecule has 1 aliphatic heterocycles. The van der Waals surface area contributed by atoms with Gasteiger partial charge in [0.2, 0.25) is 11.8 Å². The summed E-state index contributed by atoms with van der Waals surface area (Å²) in [5.41, 5.74) is 1.08. The molecule has 1 atom stereocenters. The highest BCUT2D eigenvalue weighted by Gasteiger charge is 2.28. The molecule has 0 unspecified atom stereocenters. The maximum Gasteiger partial charge on any atom is 0.244 e. The van der Waals surface area contributed by atoms with Crippen molar-refractivity contribution in [3.63, 3.8) is 0 Å². The molecular formula is C21H28N2O2. The van der Waals surface area contributed by atoms with Gasteiger partial charge in [0.25, 0.3) is 0 Å². The van der Waals surface area contributed by atoms with Gasteiger partial charge in [0.15, 0.2) is 0 Å². The second-order valence-corrected chi connectivity index (χ2v) is 6.36. The number of hydrogen-bond donors (Lipinski definition) is 1. The van der Waals surface area contributed by atoms with Crippen LogP contribution in [0.4, 0.5) is 0 Å². The average molecular weight is 340 g/mol. The fourth-order valence-corrected chi connectivity index (χ4v) is 3.21. The molecule has 2 rings (SSSR count). The number of nitrogens with zero attached hydrogens (tertiary/aromatic N) is 1. The fraction of sp³-hybridized carbons (Fsp3) is 0.429. The Hall–Kier alpha value is -2.36. The van der Waals surface area contributed by atoms with Crippen molar-refractivity contribution in [2.24, 2.45) is 0 Å². The maximum absolute atomic E-state index is 12.9. The van der Waals surface area contributed by atoms with Crippen LogP contribution >= 0.6 is 0 Å². The molecule has 1 saturated heterocycles. The van der Waals surface area contributed by atoms with Gasteiger partial charge >= 0.3 is 0 Å². The highest BCUT2D eigenvalue weighted by atomic mass is 16.2. The van der Waals surface area contributed by atoms with Gasteiger partial charge in [-0.25, -0.2) is 0 Å². The summed E-state index contributed by atoms with van der Waals surface area (Å²) in [4.78, 5) is 26.6. The third kappa shape index (κ3) is 5.59. The van der Waals surface area contributed by atoms with Crippen LogP contribution in [0.25, 0.3) is 0 Å². The lowest BCUT2D eigenvalue weighted by Gasteiger charge is -2.34. The summed E-state index contributed by atoms with van der Waals surface area (Å²) in [7, 11) is 0. The van der Waals surface area contributed by atoms with Crippen molar-refractivity contribution in [1.29, 1.82) is 0 Å². The Morgan fingerprint density at radius 2 is 1.88 bits per heavy atom. The quantitative estimate of drug-likeness (QED) is 0.637. The molecule has 0 radical (unpaired) electrons. The molecule has 134 valence electrons. The van der Waals surface area contributed by atoms with E-state index >= 15 is 0 Å². The van der Waals surface area contributed by atoms with Gasteiger partial charge in [-0.3, -0.25) is 9.59 Å². The SMILES string of the molecule is C/C=C/C=C/C(=O)NC1CCN(C(=O)[C@H](CC)c2ccccc2)CC1. The van der Waals surface area contributed by atoms with Crippen LogP contribution in [0.15, 0.2) is 54.6 Å². The molecule has 1 aromatic rings. The number of amides is 2. The van der Waals surface area contributed by atoms with Gasteiger partial charge in [0, 0.05) is 25.2 Å². The van der Waals surface area contributed by atoms with E-state index in [0.717, 1.165) is 24.8 Å². The Kier molecular flexibility index (Phi) is 7.45. The Balaban J connectivity index is 1.86. The Morgan fingerprint density at radius 1 is 1.20 bits per heavy atom. The van der Waals surface area contributed by atoms with Crippen LogP contribution in [0.3, 0.4) is 0 Å². The number of allylic oxidation sites excluding steroid dienone is 3. The van der Waals surface area contributed by atoms with E-state index in [1.54, 1.807) is 12.2 Å². The minimum absolute atomic E-state index is 0.0707. The molecule has 0 aliphatic carbocycles. The Morgan fingerprint density at radius 3 is 2.48 bits per heavy atom. The minimum atomic E-state index is -0.0731. The van der Waals surface area contributed by atoms with E-state index in [4.69, 9.17) is 0 Å². The molecular weight excluding hydrogens is 312 g/mol. The van der Waals surface area contributed by atoms with Crippen molar-refractivity contribution in [3.05, 3.63) is 60.2 Å². The molecule has 2 amide bonds. The molecule has 0 aromatic heterocycles. The lowest BCUT2D eigenvalue weighted by Crippen LogP contribution is -2.47. The van der Waals surface area contributed by atoms with Gasteiger partial charge in [-0.1, -0.05) is 55.5 Å². The molecule has 1 heterocycles. The largest absolute Gasteiger partial charge is 0.350 e. The van der Waals surface area contributed by atoms with Crippen molar-refractivity contribution < 1.29 is 9.59 Å². The molecule has 0 bridgehead atoms. The van der Waals surface area contributed by atoms with Crippen LogP contribution in [0, 0.1) is 0 Å². The normalized spacial score (nSPS) is 17.1. The third-order valence-corrected chi connectivity index (χ3v) is 4.61. The molecule has 4 heteroatoms. The van der Waals surface area contributed by atoms with Gasteiger partial charge < -0.3 is 10.2 Å². The van der Waals surface area contributed by atoms with Crippen LogP contribution in [0.5, 0.6) is 0 Å². The van der Waals surface area contributed by atoms with Crippen molar-refractivity contribution in [1.82, 2.24) is 10.2 Å². The van der Waals surface area contributed by atoms with Gasteiger partial charge in [-0.15, -0.1) is 0 Å². The first-order chi connectivity index (χ1) is 12.2. The number of piperidine rings is 1. The topological polar surface area (TPSA) is 49.4 Å². The predicted molar refractivity (Wildman–Crippen MR) is 101 cm³/mol. The number of carbonyl (C=O) groups excluding carboxylic acids is 2. The van der Waals surface area contributed by atoms with Gasteiger partial charge in [0.1, 0.15) is 0 Å². The van der Waals surface area contributed by atoms with E-state index in [1.807, 2.05) is 54.3 Å². The molecule has 25 heavy (non-hydrogen) atoms. The molecule has 1 aliphatic rings. The summed E-state index contributed by atoms with van der Waals surface area (Å²) < 4.78 is 0. The van der Waals surface area contributed by atoms with Crippen LogP contribution < -0.4 is 5.32 Å². The number of rotatable bonds is 6. The van der Waals surface area contributed by atoms with E-state index < -0.39 is 0 Å². The van der Waals surface area contributed by atoms with E-state index in [9.17, 15) is 9.59 Å². The summed E-state index contributed by atoms with van der Waals surface area (Å²) in [5, 5.41) is 3.01. The van der Waals surface area contributed by atoms with Crippen molar-refractivity contribution in [3.8, 4) is 0 Å². The van der Waals surface area contributed by atoms with Crippen LogP contribution in [-0.4, -0.2) is 35.8 Å². The van der Waals surface area contributed by atoms with Gasteiger partial charge in [-0.05, 0) is 31.7 Å². The highest BCUT2D eigenvalue weighted by molar-refractivity contribution is 5.88. The number of benzene rings is 1. The number of hydrogen-bond acceptors (Lipinski definition) is 2. The molecule has 1 fully saturated rings. The summed E-state index contributed by atoms with van der Waals surface area (Å²) in [6.45, 7) is 5.37. The van der Waals surface area contributed by atoms with E-state index in [2.05, 4.69) is 12.2 Å². The monoisotopic (exact) mass is 340 g/mol. The maximum atomic E-state index is 12.9. The minimum Gasteiger partial charge on any atom is -0.350 e. The first-order valence-electron chi connectivity index (χ1n) is 9.09. The predicted octanol–water partition coefficient (Wildman–Crippen LogP) is 3.42. The Bertz CT molecular complexity index is 614. The highest BCUT2D eigenvalue weighted by Crippen LogP contribution is 2.24. The smallest absolute Gasteiger partial charge is 0.244 e. The molecule has 1 N–H and O–H groups in total. The average Bonchev–Trinajstić information content (AvgIpc) is 2.64. The van der Waals surface area contributed by atoms with Gasteiger partial charge in [-0.2, -0.15) is 0 Å². The van der Waals surface area contributed by atoms with E-state index in [-0.39, 0.29) is 23.8 Å². The first kappa shape index (κ1) is 19.0. The fourth-order valence-electron chi connectivity index (χ4n) is 3.21. The Labute approximate surface area is 150 Å². The summed E-state index contributed by atoms with van der Waals surface area (Å²) in [5.74, 6) is 0.0566. The number of nitrogens with one attached hydrogen (secondary N) is 1. The van der Waals surface area contributed by atoms with Crippen molar-refractivity contribution in [2.75, 3.05) is 13.1 Å². The van der Waals surface area contributed by atoms with Crippen LogP contribution in [0.2, 0.25) is 0 Å². The second-order valence-electron chi connectivity index (χ2n) is 6.36. The van der Waals surface area contributed by atoms with E-state index in [1.165, 1.54) is 0 Å². The van der Waals surface area contributed by atoms with Gasteiger partial charge in [0.05, 0.1) is 5.92 Å². The lowest BCUT2D eigenvalue weighted by atomic mass is 9.93. The standard InChI is InChI=1S/C21H28N2O2/c1-3-5-7-12-20(24)22-18-13-15-23(16-14-18)21(25)19(4-2)17-10-8-6-9-11-17/h3,5-12,18-19H,4,13-16H2,1-2H3,(H,22,24)/b5-3+,12-7+/t19-/m1/s1. The summed E-state index contributed by atoms with van der Waals surface area (Å²) in [6, 6.07) is 10.1. The molecule has 0 spiro atoms. The lowest BCUT2D eigenvalue weighted by molar-refractivity contribution is -0.134. The molecule has 4 nitrogen and oxygen atoms in total. The van der Waals surface area contributed by atoms with Crippen LogP contribution in [-0.2, 0) is 9.59 Å². The number of likely N-dealkylation sites (tertiary alicyclic amines) is 1. The summed E-state index contributed by atoms with van der Waals surface area (Å²) in [6.07, 6.45) is 9.40. The number of carbonyl (C=O) groups is 2. The zero-order valence-corrected chi connectivity index (χ0v) is 15.2. The molecule has 0 saturated carbocycles. The van der Waals surface area contributed by atoms with E-state index in [0.29, 0.717) is 13.1 Å². The van der Waals surface area contributed by atoms with Crippen molar-refractivity contribution >= 4 is 11.8 Å². The second kappa shape index (κ2) is 9.82. The first-order valence-corrected chi connectivity index (χ1v) is 9.09. The molecule has 1 aromatic carbocycles. The zero-order valence-electron chi connectivity index (χ0n) is 15.2. The summed E-state index contributed by atoms with van der Waals surface area (Å²) >= 11 is 0. The van der Waals surface area contributed by atoms with Crippen LogP contribution in [0.1, 0.15) is 44.6 Å². The zero-order chi connectivity index (χ0) is 18.1. The van der Waals surface area contributed by atoms with Crippen molar-refractivity contribution in [2.45, 2.75) is 45.1 Å². The third-order valence-electron chi connectivity index (χ3n) is 4.61.